The molecule has 0 fully saturated rings. The second-order valence-electron chi connectivity index (χ2n) is 13.9. The summed E-state index contributed by atoms with van der Waals surface area (Å²) < 4.78 is 11.7. The molecule has 0 radical (unpaired) electrons. The highest BCUT2D eigenvalue weighted by Gasteiger charge is 2.19. The molecule has 0 saturated heterocycles. The molecule has 1 atom stereocenters. The molecule has 0 aliphatic carbocycles. The Kier molecular flexibility index (Phi) is 32.4. The lowest BCUT2D eigenvalue weighted by Crippen LogP contribution is -2.26. The van der Waals surface area contributed by atoms with E-state index in [9.17, 15) is 9.59 Å². The number of nitrogens with zero attached hydrogens (tertiary/aromatic N) is 1. The molecule has 0 rings (SSSR count). The Morgan fingerprint density at radius 3 is 1.36 bits per heavy atom. The second-order valence-corrected chi connectivity index (χ2v) is 13.9. The van der Waals surface area contributed by atoms with Crippen LogP contribution in [0.1, 0.15) is 201 Å². The predicted molar refractivity (Wildman–Crippen MR) is 189 cm³/mol. The first kappa shape index (κ1) is 42.9. The van der Waals surface area contributed by atoms with Gasteiger partial charge in [0.25, 0.3) is 0 Å². The van der Waals surface area contributed by atoms with Crippen molar-refractivity contribution in [3.8, 4) is 0 Å². The van der Waals surface area contributed by atoms with E-state index in [4.69, 9.17) is 9.47 Å². The third-order valence-electron chi connectivity index (χ3n) is 8.98. The number of unbranched alkanes of at least 4 members (excludes halogenated alkanes) is 19. The summed E-state index contributed by atoms with van der Waals surface area (Å²) >= 11 is 0. The van der Waals surface area contributed by atoms with E-state index in [1.54, 1.807) is 0 Å². The quantitative estimate of drug-likeness (QED) is 0.0527. The van der Waals surface area contributed by atoms with Crippen molar-refractivity contribution in [2.75, 3.05) is 27.2 Å². The van der Waals surface area contributed by atoms with Crippen LogP contribution in [-0.2, 0) is 19.1 Å². The Morgan fingerprint density at radius 2 is 0.932 bits per heavy atom. The molecule has 0 aromatic rings. The fraction of sp³-hybridized carbons (Fsp3) is 0.949. The van der Waals surface area contributed by atoms with Gasteiger partial charge in [0.1, 0.15) is 12.7 Å². The maximum absolute atomic E-state index is 13.0. The maximum atomic E-state index is 13.0. The van der Waals surface area contributed by atoms with E-state index in [1.165, 1.54) is 128 Å². The molecule has 44 heavy (non-hydrogen) atoms. The Labute approximate surface area is 275 Å². The minimum atomic E-state index is -0.324. The molecule has 0 saturated carbocycles. The third-order valence-corrected chi connectivity index (χ3v) is 8.98. The smallest absolute Gasteiger partial charge is 0.306 e. The van der Waals surface area contributed by atoms with E-state index in [0.717, 1.165) is 45.1 Å². The highest BCUT2D eigenvalue weighted by molar-refractivity contribution is 5.70. The van der Waals surface area contributed by atoms with Gasteiger partial charge in [-0.3, -0.25) is 9.59 Å². The zero-order valence-electron chi connectivity index (χ0n) is 30.4. The summed E-state index contributed by atoms with van der Waals surface area (Å²) in [7, 11) is 4.04. The number of esters is 2. The number of carbonyl (C=O) groups is 2. The molecule has 0 aliphatic heterocycles. The summed E-state index contributed by atoms with van der Waals surface area (Å²) in [6, 6.07) is 0. The molecule has 0 bridgehead atoms. The van der Waals surface area contributed by atoms with Gasteiger partial charge < -0.3 is 14.4 Å². The number of carbonyl (C=O) groups excluding carboxylic acids is 2. The minimum Gasteiger partial charge on any atom is -0.462 e. The first-order valence-corrected chi connectivity index (χ1v) is 19.4. The van der Waals surface area contributed by atoms with Crippen LogP contribution in [0.3, 0.4) is 0 Å². The van der Waals surface area contributed by atoms with Gasteiger partial charge >= 0.3 is 11.9 Å². The molecule has 0 aromatic heterocycles. The Hall–Kier alpha value is -1.10. The summed E-state index contributed by atoms with van der Waals surface area (Å²) in [6.45, 7) is 7.85. The minimum absolute atomic E-state index is 0.111. The zero-order valence-corrected chi connectivity index (χ0v) is 30.4. The molecular weight excluding hydrogens is 546 g/mol. The van der Waals surface area contributed by atoms with Crippen LogP contribution in [0.5, 0.6) is 0 Å². The van der Waals surface area contributed by atoms with E-state index < -0.39 is 0 Å². The lowest BCUT2D eigenvalue weighted by atomic mass is 9.91. The van der Waals surface area contributed by atoms with E-state index >= 15 is 0 Å². The SMILES string of the molecule is CCCCCCCCCCCCCCC(COC(=O)CC(CCCCCCC)CCCCCCC)OC(=O)CCCN(C)C. The van der Waals surface area contributed by atoms with Crippen molar-refractivity contribution in [2.24, 2.45) is 5.92 Å². The lowest BCUT2D eigenvalue weighted by Gasteiger charge is -2.20. The summed E-state index contributed by atoms with van der Waals surface area (Å²) in [6.07, 6.45) is 32.7. The molecule has 5 nitrogen and oxygen atoms in total. The van der Waals surface area contributed by atoms with E-state index in [1.807, 2.05) is 14.1 Å². The first-order valence-electron chi connectivity index (χ1n) is 19.4. The average Bonchev–Trinajstić information content (AvgIpc) is 2.99. The summed E-state index contributed by atoms with van der Waals surface area (Å²) in [5, 5.41) is 0. The van der Waals surface area contributed by atoms with Gasteiger partial charge in [-0.2, -0.15) is 0 Å². The molecule has 0 spiro atoms. The molecule has 1 unspecified atom stereocenters. The van der Waals surface area contributed by atoms with Crippen molar-refractivity contribution in [2.45, 2.75) is 207 Å². The highest BCUT2D eigenvalue weighted by Crippen LogP contribution is 2.23. The van der Waals surface area contributed by atoms with Gasteiger partial charge in [-0.15, -0.1) is 0 Å². The third kappa shape index (κ3) is 30.9. The second kappa shape index (κ2) is 33.3. The van der Waals surface area contributed by atoms with Crippen molar-refractivity contribution < 1.29 is 19.1 Å². The van der Waals surface area contributed by atoms with Gasteiger partial charge in [-0.1, -0.05) is 156 Å². The molecule has 0 aliphatic rings. The summed E-state index contributed by atoms with van der Waals surface area (Å²) in [5.41, 5.74) is 0. The highest BCUT2D eigenvalue weighted by atomic mass is 16.6. The van der Waals surface area contributed by atoms with Crippen LogP contribution in [-0.4, -0.2) is 50.2 Å². The first-order chi connectivity index (χ1) is 21.4. The van der Waals surface area contributed by atoms with Gasteiger partial charge in [-0.05, 0) is 58.7 Å². The van der Waals surface area contributed by atoms with Crippen LogP contribution in [0.15, 0.2) is 0 Å². The number of rotatable bonds is 34. The van der Waals surface area contributed by atoms with Crippen LogP contribution >= 0.6 is 0 Å². The fourth-order valence-corrected chi connectivity index (χ4v) is 6.08. The largest absolute Gasteiger partial charge is 0.462 e. The molecule has 5 heteroatoms. The van der Waals surface area contributed by atoms with Crippen molar-refractivity contribution in [3.63, 3.8) is 0 Å². The summed E-state index contributed by atoms with van der Waals surface area (Å²) in [4.78, 5) is 27.6. The molecule has 262 valence electrons. The number of hydrogen-bond acceptors (Lipinski definition) is 5. The topological polar surface area (TPSA) is 55.8 Å². The standard InChI is InChI=1S/C39H77NO4/c1-6-9-12-15-16-17-18-19-20-21-24-27-31-37(44-38(41)32-28-33-40(4)5)35-43-39(42)34-36(29-25-22-13-10-7-2)30-26-23-14-11-8-3/h36-37H,6-35H2,1-5H3. The molecular formula is C39H77NO4. The van der Waals surface area contributed by atoms with E-state index in [0.29, 0.717) is 18.8 Å². The zero-order chi connectivity index (χ0) is 32.5. The molecule has 0 heterocycles. The van der Waals surface area contributed by atoms with Crippen molar-refractivity contribution >= 4 is 11.9 Å². The van der Waals surface area contributed by atoms with Crippen molar-refractivity contribution in [3.05, 3.63) is 0 Å². The fourth-order valence-electron chi connectivity index (χ4n) is 6.08. The van der Waals surface area contributed by atoms with Crippen LogP contribution in [0, 0.1) is 5.92 Å². The normalized spacial score (nSPS) is 12.2. The van der Waals surface area contributed by atoms with Crippen molar-refractivity contribution in [1.82, 2.24) is 4.90 Å². The predicted octanol–water partition coefficient (Wildman–Crippen LogP) is 11.6. The molecule has 0 aromatic carbocycles. The number of hydrogen-bond donors (Lipinski definition) is 0. The Bertz CT molecular complexity index is 609. The Balaban J connectivity index is 4.62. The maximum Gasteiger partial charge on any atom is 0.306 e. The van der Waals surface area contributed by atoms with Crippen LogP contribution in [0.4, 0.5) is 0 Å². The van der Waals surface area contributed by atoms with Gasteiger partial charge in [0.05, 0.1) is 0 Å². The molecule has 0 N–H and O–H groups in total. The lowest BCUT2D eigenvalue weighted by molar-refractivity contribution is -0.160. The van der Waals surface area contributed by atoms with Gasteiger partial charge in [0.2, 0.25) is 0 Å². The number of ether oxygens (including phenoxy) is 2. The van der Waals surface area contributed by atoms with E-state index in [2.05, 4.69) is 25.7 Å². The monoisotopic (exact) mass is 624 g/mol. The van der Waals surface area contributed by atoms with Crippen LogP contribution in [0.25, 0.3) is 0 Å². The Morgan fingerprint density at radius 1 is 0.523 bits per heavy atom. The average molecular weight is 624 g/mol. The summed E-state index contributed by atoms with van der Waals surface area (Å²) in [5.74, 6) is 0.137. The van der Waals surface area contributed by atoms with Gasteiger partial charge in [0, 0.05) is 12.8 Å². The van der Waals surface area contributed by atoms with E-state index in [-0.39, 0.29) is 24.6 Å². The molecule has 0 amide bonds. The van der Waals surface area contributed by atoms with Gasteiger partial charge in [0.15, 0.2) is 0 Å². The van der Waals surface area contributed by atoms with Gasteiger partial charge in [-0.25, -0.2) is 0 Å². The van der Waals surface area contributed by atoms with Crippen molar-refractivity contribution in [1.29, 1.82) is 0 Å². The van der Waals surface area contributed by atoms with Crippen LogP contribution in [0.2, 0.25) is 0 Å². The van der Waals surface area contributed by atoms with Crippen LogP contribution < -0.4 is 0 Å².